The van der Waals surface area contributed by atoms with Crippen molar-refractivity contribution in [1.29, 1.82) is 0 Å². The summed E-state index contributed by atoms with van der Waals surface area (Å²) in [6.45, 7) is 1.21. The minimum absolute atomic E-state index is 0.694. The van der Waals surface area contributed by atoms with E-state index < -0.39 is 0 Å². The predicted octanol–water partition coefficient (Wildman–Crippen LogP) is 3.79. The summed E-state index contributed by atoms with van der Waals surface area (Å²) in [5.74, 6) is 1.37. The van der Waals surface area contributed by atoms with Crippen LogP contribution < -0.4 is 5.32 Å². The van der Waals surface area contributed by atoms with Crippen LogP contribution in [-0.2, 0) is 12.8 Å². The van der Waals surface area contributed by atoms with Crippen LogP contribution in [0.2, 0.25) is 0 Å². The van der Waals surface area contributed by atoms with Gasteiger partial charge in [-0.05, 0) is 61.1 Å². The molecule has 3 rings (SSSR count). The van der Waals surface area contributed by atoms with Crippen molar-refractivity contribution in [2.45, 2.75) is 43.4 Å². The van der Waals surface area contributed by atoms with Crippen molar-refractivity contribution in [2.24, 2.45) is 0 Å². The van der Waals surface area contributed by atoms with Crippen molar-refractivity contribution in [3.63, 3.8) is 0 Å². The first-order chi connectivity index (χ1) is 8.81. The Balaban J connectivity index is 1.55. The summed E-state index contributed by atoms with van der Waals surface area (Å²) in [5, 5.41) is 4.66. The molecule has 18 heavy (non-hydrogen) atoms. The van der Waals surface area contributed by atoms with Crippen LogP contribution in [-0.4, -0.2) is 23.6 Å². The third kappa shape index (κ3) is 3.12. The highest BCUT2D eigenvalue weighted by Gasteiger charge is 2.21. The molecule has 1 saturated heterocycles. The fourth-order valence-electron chi connectivity index (χ4n) is 3.00. The SMILES string of the molecule is Brc1ccc2c(c1)CCC(NCC1CCCS1)C2. The Bertz CT molecular complexity index is 415. The Kier molecular flexibility index (Phi) is 4.32. The maximum absolute atomic E-state index is 3.79. The molecule has 1 fully saturated rings. The number of fused-ring (bicyclic) bond motifs is 1. The molecule has 0 saturated carbocycles. The molecule has 1 aromatic rings. The van der Waals surface area contributed by atoms with Gasteiger partial charge in [-0.2, -0.15) is 11.8 Å². The van der Waals surface area contributed by atoms with E-state index in [1.54, 1.807) is 5.56 Å². The maximum Gasteiger partial charge on any atom is 0.0178 e. The molecule has 2 atom stereocenters. The van der Waals surface area contributed by atoms with Crippen LogP contribution in [0.1, 0.15) is 30.4 Å². The van der Waals surface area contributed by atoms with E-state index in [2.05, 4.69) is 51.2 Å². The molecule has 1 N–H and O–H groups in total. The standard InChI is InChI=1S/C15H20BrNS/c16-13-5-3-12-9-14(6-4-11(12)8-13)17-10-15-2-1-7-18-15/h3,5,8,14-15,17H,1-2,4,6-7,9-10H2. The molecule has 1 aromatic carbocycles. The third-order valence-corrected chi connectivity index (χ3v) is 5.95. The van der Waals surface area contributed by atoms with Crippen molar-refractivity contribution in [3.05, 3.63) is 33.8 Å². The molecule has 0 spiro atoms. The summed E-state index contributed by atoms with van der Waals surface area (Å²) in [5.41, 5.74) is 3.08. The van der Waals surface area contributed by atoms with E-state index in [4.69, 9.17) is 0 Å². The number of halogens is 1. The van der Waals surface area contributed by atoms with Gasteiger partial charge in [-0.15, -0.1) is 0 Å². The van der Waals surface area contributed by atoms with Crippen LogP contribution in [0.15, 0.2) is 22.7 Å². The van der Waals surface area contributed by atoms with E-state index in [0.717, 1.165) is 5.25 Å². The maximum atomic E-state index is 3.79. The van der Waals surface area contributed by atoms with Crippen LogP contribution in [0.4, 0.5) is 0 Å². The minimum Gasteiger partial charge on any atom is -0.313 e. The lowest BCUT2D eigenvalue weighted by Gasteiger charge is -2.26. The van der Waals surface area contributed by atoms with Gasteiger partial charge in [-0.1, -0.05) is 22.0 Å². The average Bonchev–Trinajstić information content (AvgIpc) is 2.89. The van der Waals surface area contributed by atoms with E-state index in [9.17, 15) is 0 Å². The van der Waals surface area contributed by atoms with E-state index in [1.807, 2.05) is 0 Å². The van der Waals surface area contributed by atoms with Gasteiger partial charge in [0.1, 0.15) is 0 Å². The molecule has 1 nitrogen and oxygen atoms in total. The molecule has 2 unspecified atom stereocenters. The molecular formula is C15H20BrNS. The first kappa shape index (κ1) is 13.0. The summed E-state index contributed by atoms with van der Waals surface area (Å²) in [7, 11) is 0. The number of aryl methyl sites for hydroxylation is 1. The number of nitrogens with one attached hydrogen (secondary N) is 1. The number of benzene rings is 1. The predicted molar refractivity (Wildman–Crippen MR) is 83.4 cm³/mol. The second-order valence-corrected chi connectivity index (χ2v) is 7.72. The molecule has 2 aliphatic rings. The first-order valence-corrected chi connectivity index (χ1v) is 8.78. The van der Waals surface area contributed by atoms with Gasteiger partial charge in [0.15, 0.2) is 0 Å². The van der Waals surface area contributed by atoms with E-state index in [1.165, 1.54) is 54.4 Å². The molecule has 0 amide bonds. The van der Waals surface area contributed by atoms with Gasteiger partial charge in [-0.25, -0.2) is 0 Å². The van der Waals surface area contributed by atoms with Gasteiger partial charge >= 0.3 is 0 Å². The van der Waals surface area contributed by atoms with E-state index in [0.29, 0.717) is 6.04 Å². The summed E-state index contributed by atoms with van der Waals surface area (Å²) in [6.07, 6.45) is 6.55. The highest BCUT2D eigenvalue weighted by molar-refractivity contribution is 9.10. The van der Waals surface area contributed by atoms with Crippen molar-refractivity contribution in [1.82, 2.24) is 5.32 Å². The van der Waals surface area contributed by atoms with Gasteiger partial charge in [0.05, 0.1) is 0 Å². The Morgan fingerprint density at radius 1 is 1.28 bits per heavy atom. The number of rotatable bonds is 3. The molecule has 0 radical (unpaired) electrons. The topological polar surface area (TPSA) is 12.0 Å². The van der Waals surface area contributed by atoms with Gasteiger partial charge in [-0.3, -0.25) is 0 Å². The van der Waals surface area contributed by atoms with Crippen LogP contribution in [0.3, 0.4) is 0 Å². The van der Waals surface area contributed by atoms with Crippen molar-refractivity contribution in [3.8, 4) is 0 Å². The number of thioether (sulfide) groups is 1. The van der Waals surface area contributed by atoms with E-state index in [-0.39, 0.29) is 0 Å². The molecule has 0 aromatic heterocycles. The van der Waals surface area contributed by atoms with E-state index >= 15 is 0 Å². The lowest BCUT2D eigenvalue weighted by molar-refractivity contribution is 0.456. The van der Waals surface area contributed by atoms with Gasteiger partial charge in [0, 0.05) is 22.3 Å². The normalized spacial score (nSPS) is 27.2. The summed E-state index contributed by atoms with van der Waals surface area (Å²) >= 11 is 5.71. The zero-order chi connectivity index (χ0) is 12.4. The van der Waals surface area contributed by atoms with Crippen molar-refractivity contribution >= 4 is 27.7 Å². The van der Waals surface area contributed by atoms with Gasteiger partial charge in [0.25, 0.3) is 0 Å². The fraction of sp³-hybridized carbons (Fsp3) is 0.600. The number of hydrogen-bond donors (Lipinski definition) is 1. The molecule has 1 aliphatic carbocycles. The zero-order valence-corrected chi connectivity index (χ0v) is 13.0. The highest BCUT2D eigenvalue weighted by atomic mass is 79.9. The van der Waals surface area contributed by atoms with Crippen LogP contribution in [0.25, 0.3) is 0 Å². The largest absolute Gasteiger partial charge is 0.313 e. The van der Waals surface area contributed by atoms with Crippen LogP contribution >= 0.6 is 27.7 Å². The molecular weight excluding hydrogens is 306 g/mol. The lowest BCUT2D eigenvalue weighted by atomic mass is 9.88. The van der Waals surface area contributed by atoms with Crippen molar-refractivity contribution in [2.75, 3.05) is 12.3 Å². The first-order valence-electron chi connectivity index (χ1n) is 6.93. The van der Waals surface area contributed by atoms with Crippen LogP contribution in [0, 0.1) is 0 Å². The Hall–Kier alpha value is 0.01000. The smallest absolute Gasteiger partial charge is 0.0178 e. The quantitative estimate of drug-likeness (QED) is 0.907. The third-order valence-electron chi connectivity index (χ3n) is 4.05. The minimum atomic E-state index is 0.694. The van der Waals surface area contributed by atoms with Crippen molar-refractivity contribution < 1.29 is 0 Å². The van der Waals surface area contributed by atoms with Gasteiger partial charge in [0.2, 0.25) is 0 Å². The van der Waals surface area contributed by atoms with Gasteiger partial charge < -0.3 is 5.32 Å². The highest BCUT2D eigenvalue weighted by Crippen LogP contribution is 2.27. The Morgan fingerprint density at radius 2 is 2.22 bits per heavy atom. The summed E-state index contributed by atoms with van der Waals surface area (Å²) in [6, 6.07) is 7.45. The molecule has 3 heteroatoms. The fourth-order valence-corrected chi connectivity index (χ4v) is 4.62. The molecule has 1 heterocycles. The lowest BCUT2D eigenvalue weighted by Crippen LogP contribution is -2.37. The second-order valence-electron chi connectivity index (χ2n) is 5.40. The Labute approximate surface area is 122 Å². The monoisotopic (exact) mass is 325 g/mol. The summed E-state index contributed by atoms with van der Waals surface area (Å²) < 4.78 is 1.22. The number of hydrogen-bond acceptors (Lipinski definition) is 2. The second kappa shape index (κ2) is 5.98. The molecule has 1 aliphatic heterocycles. The van der Waals surface area contributed by atoms with Crippen LogP contribution in [0.5, 0.6) is 0 Å². The Morgan fingerprint density at radius 3 is 3.06 bits per heavy atom. The molecule has 0 bridgehead atoms. The molecule has 98 valence electrons. The summed E-state index contributed by atoms with van der Waals surface area (Å²) in [4.78, 5) is 0. The zero-order valence-electron chi connectivity index (χ0n) is 10.6. The average molecular weight is 326 g/mol.